The van der Waals surface area contributed by atoms with Gasteiger partial charge < -0.3 is 10.6 Å². The molecule has 0 bridgehead atoms. The van der Waals surface area contributed by atoms with Crippen LogP contribution < -0.4 is 10.6 Å². The van der Waals surface area contributed by atoms with Crippen molar-refractivity contribution in [3.05, 3.63) is 0 Å². The average Bonchev–Trinajstić information content (AvgIpc) is 2.67. The SMILES string of the molecule is O=C(NC1CC1)[C@@H]1CCNC1. The molecule has 2 rings (SSSR count). The molecule has 2 fully saturated rings. The van der Waals surface area contributed by atoms with E-state index in [0.29, 0.717) is 6.04 Å². The van der Waals surface area contributed by atoms with Crippen LogP contribution in [0.1, 0.15) is 19.3 Å². The molecular formula is C8H14N2O. The molecule has 62 valence electrons. The summed E-state index contributed by atoms with van der Waals surface area (Å²) in [4.78, 5) is 11.3. The van der Waals surface area contributed by atoms with Gasteiger partial charge >= 0.3 is 0 Å². The summed E-state index contributed by atoms with van der Waals surface area (Å²) in [6, 6.07) is 0.517. The molecule has 2 aliphatic rings. The Kier molecular flexibility index (Phi) is 1.82. The molecule has 0 spiro atoms. The van der Waals surface area contributed by atoms with Gasteiger partial charge in [0.2, 0.25) is 5.91 Å². The number of hydrogen-bond donors (Lipinski definition) is 2. The molecular weight excluding hydrogens is 140 g/mol. The van der Waals surface area contributed by atoms with Crippen molar-refractivity contribution < 1.29 is 4.79 Å². The maximum Gasteiger partial charge on any atom is 0.224 e. The van der Waals surface area contributed by atoms with Gasteiger partial charge in [0.05, 0.1) is 5.92 Å². The van der Waals surface area contributed by atoms with E-state index < -0.39 is 0 Å². The first-order chi connectivity index (χ1) is 5.36. The van der Waals surface area contributed by atoms with E-state index in [9.17, 15) is 4.79 Å². The van der Waals surface area contributed by atoms with Crippen LogP contribution >= 0.6 is 0 Å². The molecule has 3 heteroatoms. The van der Waals surface area contributed by atoms with Gasteiger partial charge in [-0.05, 0) is 25.8 Å². The lowest BCUT2D eigenvalue weighted by atomic mass is 10.1. The van der Waals surface area contributed by atoms with Crippen LogP contribution in [0, 0.1) is 5.92 Å². The summed E-state index contributed by atoms with van der Waals surface area (Å²) in [5, 5.41) is 6.20. The number of amides is 1. The lowest BCUT2D eigenvalue weighted by molar-refractivity contribution is -0.124. The minimum atomic E-state index is 0.246. The lowest BCUT2D eigenvalue weighted by Crippen LogP contribution is -2.33. The Morgan fingerprint density at radius 3 is 2.73 bits per heavy atom. The fourth-order valence-electron chi connectivity index (χ4n) is 1.43. The summed E-state index contributed by atoms with van der Waals surface area (Å²) in [5.41, 5.74) is 0. The number of rotatable bonds is 2. The zero-order valence-electron chi connectivity index (χ0n) is 6.60. The quantitative estimate of drug-likeness (QED) is 0.582. The van der Waals surface area contributed by atoms with Crippen molar-refractivity contribution in [2.45, 2.75) is 25.3 Å². The van der Waals surface area contributed by atoms with Gasteiger partial charge in [0.1, 0.15) is 0 Å². The largest absolute Gasteiger partial charge is 0.353 e. The van der Waals surface area contributed by atoms with Crippen molar-refractivity contribution in [3.8, 4) is 0 Å². The van der Waals surface area contributed by atoms with E-state index in [0.717, 1.165) is 19.5 Å². The lowest BCUT2D eigenvalue weighted by Gasteiger charge is -2.07. The highest BCUT2D eigenvalue weighted by Crippen LogP contribution is 2.20. The second-order valence-corrected chi connectivity index (χ2v) is 3.47. The molecule has 11 heavy (non-hydrogen) atoms. The molecule has 0 radical (unpaired) electrons. The average molecular weight is 154 g/mol. The normalized spacial score (nSPS) is 30.4. The first kappa shape index (κ1) is 7.10. The van der Waals surface area contributed by atoms with Crippen molar-refractivity contribution in [2.75, 3.05) is 13.1 Å². The third kappa shape index (κ3) is 1.71. The van der Waals surface area contributed by atoms with E-state index in [1.54, 1.807) is 0 Å². The molecule has 1 saturated carbocycles. The fraction of sp³-hybridized carbons (Fsp3) is 0.875. The van der Waals surface area contributed by atoms with E-state index in [1.165, 1.54) is 12.8 Å². The van der Waals surface area contributed by atoms with Crippen molar-refractivity contribution in [1.29, 1.82) is 0 Å². The Morgan fingerprint density at radius 2 is 2.18 bits per heavy atom. The molecule has 0 aromatic heterocycles. The fourth-order valence-corrected chi connectivity index (χ4v) is 1.43. The van der Waals surface area contributed by atoms with Crippen molar-refractivity contribution in [1.82, 2.24) is 10.6 Å². The zero-order valence-corrected chi connectivity index (χ0v) is 6.60. The Balaban J connectivity index is 1.77. The van der Waals surface area contributed by atoms with Gasteiger partial charge in [0, 0.05) is 12.6 Å². The van der Waals surface area contributed by atoms with Crippen LogP contribution in [0.25, 0.3) is 0 Å². The van der Waals surface area contributed by atoms with E-state index in [4.69, 9.17) is 0 Å². The second-order valence-electron chi connectivity index (χ2n) is 3.47. The number of nitrogens with one attached hydrogen (secondary N) is 2. The van der Waals surface area contributed by atoms with E-state index >= 15 is 0 Å². The van der Waals surface area contributed by atoms with E-state index in [2.05, 4.69) is 10.6 Å². The first-order valence-electron chi connectivity index (χ1n) is 4.37. The Hall–Kier alpha value is -0.570. The molecule has 1 heterocycles. The maximum atomic E-state index is 11.3. The van der Waals surface area contributed by atoms with Crippen molar-refractivity contribution in [3.63, 3.8) is 0 Å². The number of hydrogen-bond acceptors (Lipinski definition) is 2. The van der Waals surface area contributed by atoms with E-state index in [1.807, 2.05) is 0 Å². The topological polar surface area (TPSA) is 41.1 Å². The number of carbonyl (C=O) groups is 1. The summed E-state index contributed by atoms with van der Waals surface area (Å²) < 4.78 is 0. The van der Waals surface area contributed by atoms with E-state index in [-0.39, 0.29) is 11.8 Å². The third-order valence-corrected chi connectivity index (χ3v) is 2.35. The molecule has 0 aromatic rings. The smallest absolute Gasteiger partial charge is 0.224 e. The summed E-state index contributed by atoms with van der Waals surface area (Å²) in [5.74, 6) is 0.508. The van der Waals surface area contributed by atoms with Crippen LogP contribution in [0.4, 0.5) is 0 Å². The maximum absolute atomic E-state index is 11.3. The van der Waals surface area contributed by atoms with Gasteiger partial charge in [0.15, 0.2) is 0 Å². The van der Waals surface area contributed by atoms with Gasteiger partial charge in [-0.25, -0.2) is 0 Å². The van der Waals surface area contributed by atoms with Crippen LogP contribution in [0.3, 0.4) is 0 Å². The van der Waals surface area contributed by atoms with Gasteiger partial charge in [-0.15, -0.1) is 0 Å². The van der Waals surface area contributed by atoms with Crippen LogP contribution in [-0.2, 0) is 4.79 Å². The Labute approximate surface area is 66.5 Å². The molecule has 1 amide bonds. The minimum absolute atomic E-state index is 0.246. The molecule has 0 unspecified atom stereocenters. The molecule has 3 nitrogen and oxygen atoms in total. The monoisotopic (exact) mass is 154 g/mol. The molecule has 2 N–H and O–H groups in total. The highest BCUT2D eigenvalue weighted by atomic mass is 16.2. The highest BCUT2D eigenvalue weighted by Gasteiger charge is 2.28. The minimum Gasteiger partial charge on any atom is -0.353 e. The Morgan fingerprint density at radius 1 is 1.36 bits per heavy atom. The van der Waals surface area contributed by atoms with Crippen molar-refractivity contribution in [2.24, 2.45) is 5.92 Å². The Bertz CT molecular complexity index is 159. The zero-order chi connectivity index (χ0) is 7.68. The van der Waals surface area contributed by atoms with Gasteiger partial charge in [-0.1, -0.05) is 0 Å². The standard InChI is InChI=1S/C8H14N2O/c11-8(10-7-1-2-7)6-3-4-9-5-6/h6-7,9H,1-5H2,(H,10,11)/t6-/m1/s1. The summed E-state index contributed by atoms with van der Waals surface area (Å²) in [6.07, 6.45) is 3.39. The second kappa shape index (κ2) is 2.81. The van der Waals surface area contributed by atoms with Crippen LogP contribution in [0.5, 0.6) is 0 Å². The van der Waals surface area contributed by atoms with Gasteiger partial charge in [0.25, 0.3) is 0 Å². The van der Waals surface area contributed by atoms with Gasteiger partial charge in [-0.3, -0.25) is 4.79 Å². The summed E-state index contributed by atoms with van der Waals surface area (Å²) >= 11 is 0. The molecule has 1 aliphatic carbocycles. The molecule has 1 atom stereocenters. The first-order valence-corrected chi connectivity index (χ1v) is 4.37. The summed E-state index contributed by atoms with van der Waals surface area (Å²) in [6.45, 7) is 1.88. The van der Waals surface area contributed by atoms with Crippen LogP contribution in [0.2, 0.25) is 0 Å². The molecule has 1 saturated heterocycles. The molecule has 0 aromatic carbocycles. The van der Waals surface area contributed by atoms with Crippen molar-refractivity contribution >= 4 is 5.91 Å². The van der Waals surface area contributed by atoms with Crippen LogP contribution in [-0.4, -0.2) is 25.0 Å². The van der Waals surface area contributed by atoms with Gasteiger partial charge in [-0.2, -0.15) is 0 Å². The molecule has 1 aliphatic heterocycles. The highest BCUT2D eigenvalue weighted by molar-refractivity contribution is 5.79. The number of carbonyl (C=O) groups excluding carboxylic acids is 1. The predicted molar refractivity (Wildman–Crippen MR) is 42.1 cm³/mol. The third-order valence-electron chi connectivity index (χ3n) is 2.35. The summed E-state index contributed by atoms with van der Waals surface area (Å²) in [7, 11) is 0. The predicted octanol–water partition coefficient (Wildman–Crippen LogP) is -0.126. The van der Waals surface area contributed by atoms with Crippen LogP contribution in [0.15, 0.2) is 0 Å².